The Labute approximate surface area is 69.0 Å². The summed E-state index contributed by atoms with van der Waals surface area (Å²) < 4.78 is 0. The van der Waals surface area contributed by atoms with Gasteiger partial charge in [-0.25, -0.2) is 4.79 Å². The van der Waals surface area contributed by atoms with Gasteiger partial charge in [-0.1, -0.05) is 5.17 Å². The summed E-state index contributed by atoms with van der Waals surface area (Å²) in [5, 5.41) is 13.1. The highest BCUT2D eigenvalue weighted by molar-refractivity contribution is 8.13. The van der Waals surface area contributed by atoms with Crippen molar-refractivity contribution in [2.24, 2.45) is 5.10 Å². The van der Waals surface area contributed by atoms with E-state index in [0.29, 0.717) is 10.2 Å². The number of carbonyl (C=O) groups is 1. The van der Waals surface area contributed by atoms with Gasteiger partial charge in [-0.2, -0.15) is 0 Å². The van der Waals surface area contributed by atoms with Crippen LogP contribution in [-0.4, -0.2) is 34.8 Å². The number of thioether (sulfide) groups is 1. The van der Waals surface area contributed by atoms with Crippen LogP contribution in [0, 0.1) is 0 Å². The molecule has 5 nitrogen and oxygen atoms in total. The van der Waals surface area contributed by atoms with Crippen LogP contribution in [0.25, 0.3) is 0 Å². The molecule has 0 saturated heterocycles. The van der Waals surface area contributed by atoms with Gasteiger partial charge in [-0.15, -0.1) is 16.9 Å². The Kier molecular flexibility index (Phi) is 4.64. The standard InChI is InChI=1S/C5H10N2O3S/c1-4(11-3)6-7(10-2)5(8)9/h1-3H3,(H,8,9). The van der Waals surface area contributed by atoms with Gasteiger partial charge in [0, 0.05) is 0 Å². The Bertz CT molecular complexity index is 171. The summed E-state index contributed by atoms with van der Waals surface area (Å²) in [6.07, 6.45) is 0.565. The summed E-state index contributed by atoms with van der Waals surface area (Å²) >= 11 is 1.35. The highest BCUT2D eigenvalue weighted by atomic mass is 32.2. The normalized spacial score (nSPS) is 11.4. The van der Waals surface area contributed by atoms with Gasteiger partial charge in [0.15, 0.2) is 0 Å². The molecule has 0 radical (unpaired) electrons. The predicted molar refractivity (Wildman–Crippen MR) is 43.5 cm³/mol. The first-order valence-electron chi connectivity index (χ1n) is 2.78. The van der Waals surface area contributed by atoms with Crippen molar-refractivity contribution in [2.45, 2.75) is 6.92 Å². The molecule has 1 N–H and O–H groups in total. The molecule has 0 fully saturated rings. The summed E-state index contributed by atoms with van der Waals surface area (Å²) in [6.45, 7) is 1.69. The molecule has 0 aromatic rings. The van der Waals surface area contributed by atoms with Crippen molar-refractivity contribution in [1.82, 2.24) is 5.17 Å². The van der Waals surface area contributed by atoms with Crippen molar-refractivity contribution < 1.29 is 14.7 Å². The molecule has 0 heterocycles. The zero-order chi connectivity index (χ0) is 8.85. The van der Waals surface area contributed by atoms with Crippen molar-refractivity contribution in [3.8, 4) is 0 Å². The van der Waals surface area contributed by atoms with E-state index < -0.39 is 6.09 Å². The van der Waals surface area contributed by atoms with Crippen LogP contribution in [0.4, 0.5) is 4.79 Å². The van der Waals surface area contributed by atoms with E-state index in [9.17, 15) is 4.79 Å². The minimum atomic E-state index is -1.24. The molecule has 0 aromatic carbocycles. The number of hydrogen-bond donors (Lipinski definition) is 1. The minimum absolute atomic E-state index is 0.506. The molecule has 0 aliphatic rings. The Morgan fingerprint density at radius 3 is 2.55 bits per heavy atom. The number of carboxylic acid groups (broad SMARTS) is 1. The fourth-order valence-electron chi connectivity index (χ4n) is 0.330. The third kappa shape index (κ3) is 3.84. The Hall–Kier alpha value is -0.750. The predicted octanol–water partition coefficient (Wildman–Crippen LogP) is 1.22. The van der Waals surface area contributed by atoms with E-state index in [4.69, 9.17) is 5.11 Å². The van der Waals surface area contributed by atoms with E-state index in [2.05, 4.69) is 9.94 Å². The Morgan fingerprint density at radius 2 is 2.27 bits per heavy atom. The van der Waals surface area contributed by atoms with Crippen LogP contribution in [0.1, 0.15) is 6.92 Å². The molecule has 0 aliphatic carbocycles. The van der Waals surface area contributed by atoms with Gasteiger partial charge in [0.2, 0.25) is 0 Å². The lowest BCUT2D eigenvalue weighted by molar-refractivity contribution is -0.101. The van der Waals surface area contributed by atoms with Crippen LogP contribution < -0.4 is 0 Å². The molecule has 0 bridgehead atoms. The largest absolute Gasteiger partial charge is 0.462 e. The van der Waals surface area contributed by atoms with Crippen LogP contribution >= 0.6 is 11.8 Å². The van der Waals surface area contributed by atoms with Gasteiger partial charge in [0.05, 0.1) is 12.2 Å². The van der Waals surface area contributed by atoms with E-state index in [-0.39, 0.29) is 0 Å². The minimum Gasteiger partial charge on any atom is -0.462 e. The summed E-state index contributed by atoms with van der Waals surface area (Å²) in [5.74, 6) is 0. The number of rotatable bonds is 2. The maximum Gasteiger partial charge on any atom is 0.453 e. The van der Waals surface area contributed by atoms with E-state index in [1.165, 1.54) is 18.9 Å². The first-order chi connectivity index (χ1) is 5.11. The summed E-state index contributed by atoms with van der Waals surface area (Å²) in [4.78, 5) is 14.7. The molecule has 64 valence electrons. The van der Waals surface area contributed by atoms with E-state index in [1.807, 2.05) is 0 Å². The molecule has 0 atom stereocenters. The lowest BCUT2D eigenvalue weighted by atomic mass is 10.9. The molecule has 1 amide bonds. The smallest absolute Gasteiger partial charge is 0.453 e. The average Bonchev–Trinajstić information content (AvgIpc) is 1.99. The quantitative estimate of drug-likeness (QED) is 0.392. The lowest BCUT2D eigenvalue weighted by Crippen LogP contribution is -2.23. The van der Waals surface area contributed by atoms with Gasteiger partial charge in [-0.3, -0.25) is 4.84 Å². The van der Waals surface area contributed by atoms with Gasteiger partial charge < -0.3 is 5.11 Å². The summed E-state index contributed by atoms with van der Waals surface area (Å²) in [6, 6.07) is 0. The van der Waals surface area contributed by atoms with E-state index >= 15 is 0 Å². The average molecular weight is 178 g/mol. The lowest BCUT2D eigenvalue weighted by Gasteiger charge is -2.08. The molecule has 0 aliphatic heterocycles. The highest BCUT2D eigenvalue weighted by Crippen LogP contribution is 2.00. The van der Waals surface area contributed by atoms with Crippen molar-refractivity contribution in [3.63, 3.8) is 0 Å². The highest BCUT2D eigenvalue weighted by Gasteiger charge is 2.08. The molecule has 6 heteroatoms. The first-order valence-corrected chi connectivity index (χ1v) is 4.00. The van der Waals surface area contributed by atoms with Gasteiger partial charge in [0.25, 0.3) is 0 Å². The fourth-order valence-corrected chi connectivity index (χ4v) is 0.486. The van der Waals surface area contributed by atoms with Crippen molar-refractivity contribution >= 4 is 22.9 Å². The van der Waals surface area contributed by atoms with Crippen LogP contribution in [0.2, 0.25) is 0 Å². The third-order valence-corrected chi connectivity index (χ3v) is 1.54. The molecule has 0 unspecified atom stereocenters. The monoisotopic (exact) mass is 178 g/mol. The topological polar surface area (TPSA) is 62.1 Å². The number of amides is 1. The van der Waals surface area contributed by atoms with Gasteiger partial charge >= 0.3 is 6.09 Å². The maximum absolute atomic E-state index is 10.3. The summed E-state index contributed by atoms with van der Waals surface area (Å²) in [5.41, 5.74) is 0. The molecule has 11 heavy (non-hydrogen) atoms. The van der Waals surface area contributed by atoms with Crippen molar-refractivity contribution in [2.75, 3.05) is 13.4 Å². The van der Waals surface area contributed by atoms with Crippen LogP contribution in [-0.2, 0) is 4.84 Å². The molecular formula is C5H10N2O3S. The second-order valence-electron chi connectivity index (χ2n) is 1.56. The number of hydrogen-bond acceptors (Lipinski definition) is 4. The molecular weight excluding hydrogens is 168 g/mol. The molecule has 0 saturated carbocycles. The fraction of sp³-hybridized carbons (Fsp3) is 0.600. The zero-order valence-electron chi connectivity index (χ0n) is 6.57. The van der Waals surface area contributed by atoms with Crippen molar-refractivity contribution in [3.05, 3.63) is 0 Å². The van der Waals surface area contributed by atoms with Gasteiger partial charge in [-0.05, 0) is 13.2 Å². The first kappa shape index (κ1) is 10.2. The van der Waals surface area contributed by atoms with E-state index in [1.54, 1.807) is 13.2 Å². The Morgan fingerprint density at radius 1 is 1.73 bits per heavy atom. The molecule has 0 aromatic heterocycles. The number of hydroxylamine groups is 1. The maximum atomic E-state index is 10.3. The zero-order valence-corrected chi connectivity index (χ0v) is 7.38. The van der Waals surface area contributed by atoms with E-state index in [0.717, 1.165) is 0 Å². The van der Waals surface area contributed by atoms with Crippen LogP contribution in [0.5, 0.6) is 0 Å². The SMILES string of the molecule is CON(N=C(C)SC)C(=O)O. The summed E-state index contributed by atoms with van der Waals surface area (Å²) in [7, 11) is 1.24. The molecule has 0 rings (SSSR count). The van der Waals surface area contributed by atoms with Crippen LogP contribution in [0.3, 0.4) is 0 Å². The molecule has 0 spiro atoms. The van der Waals surface area contributed by atoms with Crippen LogP contribution in [0.15, 0.2) is 5.10 Å². The second-order valence-corrected chi connectivity index (χ2v) is 2.56. The number of nitrogens with zero attached hydrogens (tertiary/aromatic N) is 2. The second kappa shape index (κ2) is 4.97. The third-order valence-electron chi connectivity index (χ3n) is 0.864. The Balaban J connectivity index is 4.17. The number of hydrazone groups is 1. The van der Waals surface area contributed by atoms with Gasteiger partial charge in [0.1, 0.15) is 0 Å². The van der Waals surface area contributed by atoms with Crippen molar-refractivity contribution in [1.29, 1.82) is 0 Å².